The Hall–Kier alpha value is -2.19. The van der Waals surface area contributed by atoms with Crippen LogP contribution in [0.15, 0.2) is 54.9 Å². The summed E-state index contributed by atoms with van der Waals surface area (Å²) in [5, 5.41) is 0.771. The molecule has 1 aliphatic rings. The summed E-state index contributed by atoms with van der Waals surface area (Å²) in [6.45, 7) is 0.475. The molecule has 6 nitrogen and oxygen atoms in total. The molecule has 0 bridgehead atoms. The van der Waals surface area contributed by atoms with Gasteiger partial charge in [0.1, 0.15) is 11.5 Å². The molecule has 0 fully saturated rings. The fraction of sp³-hybridized carbons (Fsp3) is 0.263. The van der Waals surface area contributed by atoms with Crippen molar-refractivity contribution in [2.45, 2.75) is 18.4 Å². The predicted octanol–water partition coefficient (Wildman–Crippen LogP) is 3.63. The lowest BCUT2D eigenvalue weighted by atomic mass is 10.1. The summed E-state index contributed by atoms with van der Waals surface area (Å²) in [7, 11) is -0.496. The molecular weight excluding hydrogens is 432 g/mol. The van der Waals surface area contributed by atoms with Gasteiger partial charge in [0, 0.05) is 29.4 Å². The molecular formula is C19H21BrN2O4S. The molecule has 1 heterocycles. The molecule has 0 saturated heterocycles. The molecule has 144 valence electrons. The van der Waals surface area contributed by atoms with Gasteiger partial charge in [-0.2, -0.15) is 8.42 Å². The fourth-order valence-electron chi connectivity index (χ4n) is 2.77. The molecule has 0 aliphatic carbocycles. The second-order valence-electron chi connectivity index (χ2n) is 6.02. The Balaban J connectivity index is 1.75. The quantitative estimate of drug-likeness (QED) is 0.601. The molecule has 0 aromatic heterocycles. The molecule has 0 spiro atoms. The summed E-state index contributed by atoms with van der Waals surface area (Å²) in [6, 6.07) is 13.2. The lowest BCUT2D eigenvalue weighted by molar-refractivity contribution is 0.385. The first kappa shape index (κ1) is 19.6. The summed E-state index contributed by atoms with van der Waals surface area (Å²) in [5.74, 6) is 1.24. The monoisotopic (exact) mass is 452 g/mol. The summed E-state index contributed by atoms with van der Waals surface area (Å²) in [6.07, 6.45) is 3.16. The number of hydrogen-bond donors (Lipinski definition) is 0. The fourth-order valence-corrected chi connectivity index (χ4v) is 4.44. The highest BCUT2D eigenvalue weighted by molar-refractivity contribution is 9.08. The van der Waals surface area contributed by atoms with E-state index in [1.54, 1.807) is 38.8 Å². The molecule has 1 aliphatic heterocycles. The molecule has 0 saturated carbocycles. The van der Waals surface area contributed by atoms with Crippen LogP contribution in [0.5, 0.6) is 11.5 Å². The average Bonchev–Trinajstić information content (AvgIpc) is 2.96. The molecule has 8 heteroatoms. The third-order valence-corrected chi connectivity index (χ3v) is 6.66. The molecule has 0 N–H and O–H groups in total. The normalized spacial score (nSPS) is 15.2. The molecule has 2 aromatic rings. The number of alkyl halides is 1. The number of benzene rings is 2. The number of halogens is 1. The Morgan fingerprint density at radius 1 is 0.889 bits per heavy atom. The van der Waals surface area contributed by atoms with Gasteiger partial charge in [-0.15, -0.1) is 0 Å². The van der Waals surface area contributed by atoms with Gasteiger partial charge >= 0.3 is 10.2 Å². The Bertz CT molecular complexity index is 929. The van der Waals surface area contributed by atoms with Gasteiger partial charge in [0.05, 0.1) is 27.3 Å². The van der Waals surface area contributed by atoms with E-state index >= 15 is 0 Å². The van der Waals surface area contributed by atoms with E-state index in [4.69, 9.17) is 9.47 Å². The highest BCUT2D eigenvalue weighted by atomic mass is 79.9. The predicted molar refractivity (Wildman–Crippen MR) is 108 cm³/mol. The van der Waals surface area contributed by atoms with Crippen molar-refractivity contribution >= 4 is 26.1 Å². The highest BCUT2D eigenvalue weighted by Crippen LogP contribution is 2.29. The summed E-state index contributed by atoms with van der Waals surface area (Å²) in [4.78, 5) is 0. The van der Waals surface area contributed by atoms with Crippen LogP contribution in [0.1, 0.15) is 16.7 Å². The van der Waals surface area contributed by atoms with Crippen LogP contribution >= 0.6 is 15.9 Å². The first-order chi connectivity index (χ1) is 13.0. The lowest BCUT2D eigenvalue weighted by Crippen LogP contribution is -2.32. The van der Waals surface area contributed by atoms with Crippen molar-refractivity contribution in [3.8, 4) is 11.5 Å². The lowest BCUT2D eigenvalue weighted by Gasteiger charge is -2.22. The van der Waals surface area contributed by atoms with E-state index in [1.807, 2.05) is 30.3 Å². The van der Waals surface area contributed by atoms with Crippen LogP contribution in [-0.2, 0) is 28.6 Å². The van der Waals surface area contributed by atoms with E-state index in [2.05, 4.69) is 15.9 Å². The van der Waals surface area contributed by atoms with E-state index in [-0.39, 0.29) is 13.1 Å². The van der Waals surface area contributed by atoms with E-state index in [9.17, 15) is 8.42 Å². The van der Waals surface area contributed by atoms with Crippen LogP contribution in [0.3, 0.4) is 0 Å². The first-order valence-electron chi connectivity index (χ1n) is 8.29. The minimum atomic E-state index is -3.62. The number of nitrogens with zero attached hydrogens (tertiary/aromatic N) is 2. The average molecular weight is 453 g/mol. The van der Waals surface area contributed by atoms with Crippen molar-refractivity contribution in [2.24, 2.45) is 0 Å². The van der Waals surface area contributed by atoms with Gasteiger partial charge in [-0.1, -0.05) is 40.2 Å². The van der Waals surface area contributed by atoms with Crippen LogP contribution in [0.4, 0.5) is 0 Å². The van der Waals surface area contributed by atoms with Crippen molar-refractivity contribution in [1.29, 1.82) is 0 Å². The second kappa shape index (κ2) is 8.22. The number of ether oxygens (including phenoxy) is 2. The van der Waals surface area contributed by atoms with Gasteiger partial charge in [0.2, 0.25) is 0 Å². The van der Waals surface area contributed by atoms with Crippen LogP contribution in [0.2, 0.25) is 0 Å². The Kier molecular flexibility index (Phi) is 5.96. The molecule has 0 amide bonds. The van der Waals surface area contributed by atoms with Gasteiger partial charge in [-0.05, 0) is 23.3 Å². The molecule has 3 rings (SSSR count). The van der Waals surface area contributed by atoms with Gasteiger partial charge in [0.15, 0.2) is 0 Å². The standard InChI is InChI=1S/C19H21BrN2O4S/c1-25-18-8-7-17(19(11-18)26-2)14-22-10-9-21(27(22,23)24)13-16-5-3-15(12-20)4-6-16/h3-11H,12-14H2,1-2H3. The molecule has 0 unspecified atom stereocenters. The zero-order valence-corrected chi connectivity index (χ0v) is 17.5. The zero-order chi connectivity index (χ0) is 19.4. The summed E-state index contributed by atoms with van der Waals surface area (Å²) in [5.41, 5.74) is 2.83. The maximum Gasteiger partial charge on any atom is 0.326 e. The molecule has 0 radical (unpaired) electrons. The van der Waals surface area contributed by atoms with Crippen LogP contribution in [0.25, 0.3) is 0 Å². The largest absolute Gasteiger partial charge is 0.497 e. The van der Waals surface area contributed by atoms with E-state index in [1.165, 1.54) is 8.61 Å². The molecule has 0 atom stereocenters. The summed E-state index contributed by atoms with van der Waals surface area (Å²) < 4.78 is 38.9. The van der Waals surface area contributed by atoms with Crippen molar-refractivity contribution in [2.75, 3.05) is 14.2 Å². The maximum absolute atomic E-state index is 12.9. The number of hydrogen-bond acceptors (Lipinski definition) is 4. The van der Waals surface area contributed by atoms with Crippen molar-refractivity contribution in [1.82, 2.24) is 8.61 Å². The van der Waals surface area contributed by atoms with Crippen molar-refractivity contribution < 1.29 is 17.9 Å². The molecule has 27 heavy (non-hydrogen) atoms. The van der Waals surface area contributed by atoms with Crippen LogP contribution in [0, 0.1) is 0 Å². The highest BCUT2D eigenvalue weighted by Gasteiger charge is 2.31. The van der Waals surface area contributed by atoms with Crippen molar-refractivity contribution in [3.63, 3.8) is 0 Å². The number of methoxy groups -OCH3 is 2. The summed E-state index contributed by atoms with van der Waals surface area (Å²) >= 11 is 3.41. The maximum atomic E-state index is 12.9. The minimum Gasteiger partial charge on any atom is -0.497 e. The minimum absolute atomic E-state index is 0.186. The van der Waals surface area contributed by atoms with Crippen LogP contribution < -0.4 is 9.47 Å². The third kappa shape index (κ3) is 4.22. The van der Waals surface area contributed by atoms with E-state index < -0.39 is 10.2 Å². The van der Waals surface area contributed by atoms with Crippen molar-refractivity contribution in [3.05, 3.63) is 71.6 Å². The van der Waals surface area contributed by atoms with Gasteiger partial charge in [-0.25, -0.2) is 0 Å². The van der Waals surface area contributed by atoms with Gasteiger partial charge in [-0.3, -0.25) is 8.61 Å². The van der Waals surface area contributed by atoms with E-state index in [0.717, 1.165) is 22.0 Å². The smallest absolute Gasteiger partial charge is 0.326 e. The Morgan fingerprint density at radius 2 is 1.52 bits per heavy atom. The Labute approximate surface area is 168 Å². The van der Waals surface area contributed by atoms with Crippen LogP contribution in [-0.4, -0.2) is 31.2 Å². The number of rotatable bonds is 7. The SMILES string of the molecule is COc1ccc(CN2C=CN(Cc3ccc(CBr)cc3)S2(=O)=O)c(OC)c1. The topological polar surface area (TPSA) is 59.1 Å². The van der Waals surface area contributed by atoms with Gasteiger partial charge in [0.25, 0.3) is 0 Å². The van der Waals surface area contributed by atoms with Gasteiger partial charge < -0.3 is 9.47 Å². The Morgan fingerprint density at radius 3 is 2.11 bits per heavy atom. The third-order valence-electron chi connectivity index (χ3n) is 4.33. The molecule has 2 aromatic carbocycles. The zero-order valence-electron chi connectivity index (χ0n) is 15.1. The first-order valence-corrected chi connectivity index (χ1v) is 10.8. The van der Waals surface area contributed by atoms with E-state index in [0.29, 0.717) is 11.5 Å². The second-order valence-corrected chi connectivity index (χ2v) is 8.42.